The van der Waals surface area contributed by atoms with Gasteiger partial charge < -0.3 is 4.74 Å². The Balaban J connectivity index is 2.03. The molecule has 2 aromatic carbocycles. The number of rotatable bonds is 5. The van der Waals surface area contributed by atoms with Gasteiger partial charge >= 0.3 is 0 Å². The van der Waals surface area contributed by atoms with E-state index < -0.39 is 0 Å². The number of para-hydroxylation sites is 1. The Morgan fingerprint density at radius 2 is 1.95 bits per heavy atom. The topological polar surface area (TPSA) is 50.7 Å². The Labute approximate surface area is 137 Å². The Bertz CT molecular complexity index is 639. The minimum absolute atomic E-state index is 0.291. The second-order valence-corrected chi connectivity index (χ2v) is 5.43. The molecule has 0 aliphatic heterocycles. The molecule has 0 bridgehead atoms. The molecule has 1 amide bonds. The number of ether oxygens (including phenoxy) is 1. The highest BCUT2D eigenvalue weighted by molar-refractivity contribution is 14.1. The second-order valence-electron chi connectivity index (χ2n) is 4.18. The number of nitrogens with zero attached hydrogens (tertiary/aromatic N) is 1. The fourth-order valence-electron chi connectivity index (χ4n) is 1.71. The number of amides is 1. The van der Waals surface area contributed by atoms with Gasteiger partial charge in [-0.1, -0.05) is 24.3 Å². The quantitative estimate of drug-likeness (QED) is 0.480. The molecule has 0 heterocycles. The molecule has 0 aliphatic rings. The van der Waals surface area contributed by atoms with E-state index in [0.29, 0.717) is 17.9 Å². The summed E-state index contributed by atoms with van der Waals surface area (Å²) in [7, 11) is 0. The highest BCUT2D eigenvalue weighted by atomic mass is 127. The summed E-state index contributed by atoms with van der Waals surface area (Å²) >= 11 is 2.24. The van der Waals surface area contributed by atoms with Crippen molar-refractivity contribution >= 4 is 34.7 Å². The normalized spacial score (nSPS) is 10.6. The number of hydrogen-bond donors (Lipinski definition) is 1. The summed E-state index contributed by atoms with van der Waals surface area (Å²) in [6.07, 6.45) is 1.61. The SMILES string of the molecule is CCOc1ccccc1C(=O)N/N=C\c1ccc(I)cc1. The fraction of sp³-hybridized carbons (Fsp3) is 0.125. The Morgan fingerprint density at radius 1 is 1.24 bits per heavy atom. The smallest absolute Gasteiger partial charge is 0.275 e. The summed E-state index contributed by atoms with van der Waals surface area (Å²) in [6.45, 7) is 2.39. The zero-order chi connectivity index (χ0) is 15.1. The standard InChI is InChI=1S/C16H15IN2O2/c1-2-21-15-6-4-3-5-14(15)16(20)19-18-11-12-7-9-13(17)10-8-12/h3-11H,2H2,1H3,(H,19,20)/b18-11-. The van der Waals surface area contributed by atoms with Crippen molar-refractivity contribution in [1.29, 1.82) is 0 Å². The molecule has 0 spiro atoms. The van der Waals surface area contributed by atoms with Crippen molar-refractivity contribution in [2.45, 2.75) is 6.92 Å². The monoisotopic (exact) mass is 394 g/mol. The van der Waals surface area contributed by atoms with Crippen LogP contribution in [0.1, 0.15) is 22.8 Å². The van der Waals surface area contributed by atoms with Gasteiger partial charge in [-0.15, -0.1) is 0 Å². The minimum atomic E-state index is -0.291. The average molecular weight is 394 g/mol. The number of hydrogen-bond acceptors (Lipinski definition) is 3. The minimum Gasteiger partial charge on any atom is -0.493 e. The lowest BCUT2D eigenvalue weighted by atomic mass is 10.2. The van der Waals surface area contributed by atoms with Crippen molar-refractivity contribution < 1.29 is 9.53 Å². The van der Waals surface area contributed by atoms with Crippen LogP contribution in [0.4, 0.5) is 0 Å². The van der Waals surface area contributed by atoms with Gasteiger partial charge in [0.25, 0.3) is 5.91 Å². The van der Waals surface area contributed by atoms with Crippen molar-refractivity contribution in [3.05, 3.63) is 63.2 Å². The molecule has 4 nitrogen and oxygen atoms in total. The highest BCUT2D eigenvalue weighted by Gasteiger charge is 2.10. The summed E-state index contributed by atoms with van der Waals surface area (Å²) in [5.41, 5.74) is 3.91. The molecule has 1 N–H and O–H groups in total. The van der Waals surface area contributed by atoms with Crippen LogP contribution >= 0.6 is 22.6 Å². The van der Waals surface area contributed by atoms with E-state index in [1.807, 2.05) is 37.3 Å². The number of carbonyl (C=O) groups is 1. The van der Waals surface area contributed by atoms with Gasteiger partial charge in [-0.3, -0.25) is 4.79 Å². The molecule has 0 aliphatic carbocycles. The van der Waals surface area contributed by atoms with Gasteiger partial charge in [0, 0.05) is 3.57 Å². The fourth-order valence-corrected chi connectivity index (χ4v) is 2.07. The maximum absolute atomic E-state index is 12.1. The van der Waals surface area contributed by atoms with Crippen molar-refractivity contribution in [2.75, 3.05) is 6.61 Å². The zero-order valence-electron chi connectivity index (χ0n) is 11.5. The number of benzene rings is 2. The molecule has 0 unspecified atom stereocenters. The third-order valence-corrected chi connectivity index (χ3v) is 3.40. The molecular formula is C16H15IN2O2. The van der Waals surface area contributed by atoms with Crippen LogP contribution in [0.25, 0.3) is 0 Å². The molecule has 2 rings (SSSR count). The molecule has 0 aromatic heterocycles. The lowest BCUT2D eigenvalue weighted by Crippen LogP contribution is -2.18. The van der Waals surface area contributed by atoms with Gasteiger partial charge in [-0.2, -0.15) is 5.10 Å². The predicted octanol–water partition coefficient (Wildman–Crippen LogP) is 3.45. The lowest BCUT2D eigenvalue weighted by Gasteiger charge is -2.08. The number of halogens is 1. The third kappa shape index (κ3) is 4.56. The second kappa shape index (κ2) is 7.78. The van der Waals surface area contributed by atoms with E-state index >= 15 is 0 Å². The van der Waals surface area contributed by atoms with Crippen LogP contribution in [0.15, 0.2) is 53.6 Å². The van der Waals surface area contributed by atoms with Crippen LogP contribution in [0.3, 0.4) is 0 Å². The Hall–Kier alpha value is -1.89. The first-order valence-corrected chi connectivity index (χ1v) is 7.59. The van der Waals surface area contributed by atoms with Crippen molar-refractivity contribution in [3.63, 3.8) is 0 Å². The summed E-state index contributed by atoms with van der Waals surface area (Å²) in [5, 5.41) is 3.97. The van der Waals surface area contributed by atoms with E-state index in [2.05, 4.69) is 33.1 Å². The van der Waals surface area contributed by atoms with E-state index in [1.165, 1.54) is 0 Å². The van der Waals surface area contributed by atoms with Crippen molar-refractivity contribution in [2.24, 2.45) is 5.10 Å². The van der Waals surface area contributed by atoms with Crippen LogP contribution in [-0.2, 0) is 0 Å². The lowest BCUT2D eigenvalue weighted by molar-refractivity contribution is 0.0951. The van der Waals surface area contributed by atoms with Crippen LogP contribution in [-0.4, -0.2) is 18.7 Å². The van der Waals surface area contributed by atoms with Gasteiger partial charge in [0.1, 0.15) is 5.75 Å². The number of hydrazone groups is 1. The van der Waals surface area contributed by atoms with Crippen molar-refractivity contribution in [3.8, 4) is 5.75 Å². The maximum atomic E-state index is 12.1. The van der Waals surface area contributed by atoms with E-state index in [4.69, 9.17) is 4.74 Å². The summed E-state index contributed by atoms with van der Waals surface area (Å²) in [5.74, 6) is 0.266. The largest absolute Gasteiger partial charge is 0.493 e. The van der Waals surface area contributed by atoms with Crippen LogP contribution in [0.5, 0.6) is 5.75 Å². The molecule has 5 heteroatoms. The molecule has 0 fully saturated rings. The Kier molecular flexibility index (Phi) is 5.74. The first kappa shape index (κ1) is 15.5. The van der Waals surface area contributed by atoms with Gasteiger partial charge in [-0.25, -0.2) is 5.43 Å². The summed E-state index contributed by atoms with van der Waals surface area (Å²) in [4.78, 5) is 12.1. The maximum Gasteiger partial charge on any atom is 0.275 e. The molecule has 0 radical (unpaired) electrons. The first-order chi connectivity index (χ1) is 10.2. The van der Waals surface area contributed by atoms with Crippen LogP contribution in [0.2, 0.25) is 0 Å². The molecule has 2 aromatic rings. The number of nitrogens with one attached hydrogen (secondary N) is 1. The van der Waals surface area contributed by atoms with Crippen LogP contribution < -0.4 is 10.2 Å². The van der Waals surface area contributed by atoms with E-state index in [9.17, 15) is 4.79 Å². The molecular weight excluding hydrogens is 379 g/mol. The van der Waals surface area contributed by atoms with Gasteiger partial charge in [0.15, 0.2) is 0 Å². The molecule has 0 saturated carbocycles. The van der Waals surface area contributed by atoms with E-state index in [1.54, 1.807) is 24.4 Å². The van der Waals surface area contributed by atoms with Crippen LogP contribution in [0, 0.1) is 3.57 Å². The van der Waals surface area contributed by atoms with Crippen molar-refractivity contribution in [1.82, 2.24) is 5.43 Å². The van der Waals surface area contributed by atoms with Gasteiger partial charge in [0.05, 0.1) is 18.4 Å². The first-order valence-electron chi connectivity index (χ1n) is 6.51. The highest BCUT2D eigenvalue weighted by Crippen LogP contribution is 2.17. The van der Waals surface area contributed by atoms with Gasteiger partial charge in [-0.05, 0) is 59.3 Å². The molecule has 0 saturated heterocycles. The van der Waals surface area contributed by atoms with E-state index in [0.717, 1.165) is 9.13 Å². The number of carbonyl (C=O) groups excluding carboxylic acids is 1. The molecule has 21 heavy (non-hydrogen) atoms. The summed E-state index contributed by atoms with van der Waals surface area (Å²) in [6, 6.07) is 14.9. The Morgan fingerprint density at radius 3 is 2.67 bits per heavy atom. The predicted molar refractivity (Wildman–Crippen MR) is 91.8 cm³/mol. The average Bonchev–Trinajstić information content (AvgIpc) is 2.50. The van der Waals surface area contributed by atoms with E-state index in [-0.39, 0.29) is 5.91 Å². The zero-order valence-corrected chi connectivity index (χ0v) is 13.7. The summed E-state index contributed by atoms with van der Waals surface area (Å²) < 4.78 is 6.57. The third-order valence-electron chi connectivity index (χ3n) is 2.68. The molecule has 108 valence electrons. The molecule has 0 atom stereocenters. The van der Waals surface area contributed by atoms with Gasteiger partial charge in [0.2, 0.25) is 0 Å².